The molecule has 4 saturated carbocycles. The summed E-state index contributed by atoms with van der Waals surface area (Å²) in [4.78, 5) is 64.8. The molecule has 0 aromatic heterocycles. The zero-order valence-corrected chi connectivity index (χ0v) is 20.9. The van der Waals surface area contributed by atoms with Crippen LogP contribution in [0.25, 0.3) is 0 Å². The number of Topliss-reactive ketones (excluding diaryl/α,β-unsaturated/α-hetero) is 1. The van der Waals surface area contributed by atoms with Gasteiger partial charge in [-0.05, 0) is 74.0 Å². The highest BCUT2D eigenvalue weighted by Gasteiger charge is 2.61. The lowest BCUT2D eigenvalue weighted by molar-refractivity contribution is -0.198. The molecule has 2 amide bonds. The third-order valence-corrected chi connectivity index (χ3v) is 10.4. The van der Waals surface area contributed by atoms with Crippen LogP contribution in [0.5, 0.6) is 0 Å². The van der Waals surface area contributed by atoms with Crippen molar-refractivity contribution in [3.63, 3.8) is 0 Å². The highest BCUT2D eigenvalue weighted by atomic mass is 16.7. The van der Waals surface area contributed by atoms with E-state index in [1.807, 2.05) is 0 Å². The van der Waals surface area contributed by atoms with E-state index < -0.39 is 23.8 Å². The number of hydrogen-bond donors (Lipinski definition) is 0. The molecular weight excluding hydrogens is 450 g/mol. The molecule has 0 radical (unpaired) electrons. The van der Waals surface area contributed by atoms with E-state index in [9.17, 15) is 24.0 Å². The summed E-state index contributed by atoms with van der Waals surface area (Å²) in [5.74, 6) is 0.464. The van der Waals surface area contributed by atoms with Crippen molar-refractivity contribution in [3.8, 4) is 0 Å². The molecule has 0 aromatic carbocycles. The van der Waals surface area contributed by atoms with Crippen LogP contribution in [-0.2, 0) is 33.5 Å². The minimum absolute atomic E-state index is 0.0371. The predicted octanol–water partition coefficient (Wildman–Crippen LogP) is 3.90. The van der Waals surface area contributed by atoms with Crippen LogP contribution in [0, 0.1) is 34.5 Å². The topological polar surface area (TPSA) is 107 Å². The van der Waals surface area contributed by atoms with E-state index in [0.717, 1.165) is 51.4 Å². The Kier molecular flexibility index (Phi) is 6.29. The number of rotatable bonds is 5. The quantitative estimate of drug-likeness (QED) is 0.428. The molecule has 1 aliphatic heterocycles. The van der Waals surface area contributed by atoms with Gasteiger partial charge in [0.2, 0.25) is 0 Å². The molecule has 5 aliphatic rings. The molecule has 7 atom stereocenters. The predicted molar refractivity (Wildman–Crippen MR) is 123 cm³/mol. The van der Waals surface area contributed by atoms with E-state index in [1.165, 1.54) is 6.42 Å². The molecule has 4 aliphatic carbocycles. The van der Waals surface area contributed by atoms with Gasteiger partial charge < -0.3 is 9.57 Å². The maximum absolute atomic E-state index is 12.6. The summed E-state index contributed by atoms with van der Waals surface area (Å²) >= 11 is 0. The Hall–Kier alpha value is -2.25. The molecule has 0 aromatic rings. The highest BCUT2D eigenvalue weighted by Crippen LogP contribution is 2.66. The number of carbonyl (C=O) groups is 5. The standard InChI is InChI=1S/C27H37NO7/c1-26-13-11-17(29)15-16(26)3-4-18-19-5-6-21(27(19,2)14-12-20(18)26)34-24(32)9-10-25(33)35-28-22(30)7-8-23(28)31/h16,18-21H,3-15H2,1-2H3/t16-,18+,19-,20+,21+,26-,27-/m0/s1. The van der Waals surface area contributed by atoms with E-state index >= 15 is 0 Å². The molecule has 8 nitrogen and oxygen atoms in total. The molecule has 5 fully saturated rings. The van der Waals surface area contributed by atoms with Crippen LogP contribution in [0.1, 0.15) is 97.3 Å². The number of amides is 2. The fourth-order valence-corrected chi connectivity index (χ4v) is 8.42. The number of carbonyl (C=O) groups excluding carboxylic acids is 5. The number of hydroxylamine groups is 2. The first-order chi connectivity index (χ1) is 16.6. The van der Waals surface area contributed by atoms with Crippen molar-refractivity contribution in [2.45, 2.75) is 103 Å². The summed E-state index contributed by atoms with van der Waals surface area (Å²) in [5.41, 5.74) is 0.199. The summed E-state index contributed by atoms with van der Waals surface area (Å²) in [6.07, 6.45) is 8.39. The van der Waals surface area contributed by atoms with Crippen LogP contribution in [-0.4, -0.2) is 40.7 Å². The summed E-state index contributed by atoms with van der Waals surface area (Å²) in [7, 11) is 0. The van der Waals surface area contributed by atoms with Gasteiger partial charge in [0.25, 0.3) is 11.8 Å². The first kappa shape index (κ1) is 24.4. The highest BCUT2D eigenvalue weighted by molar-refractivity contribution is 6.01. The van der Waals surface area contributed by atoms with Crippen molar-refractivity contribution >= 4 is 29.5 Å². The number of ether oxygens (including phenoxy) is 1. The Morgan fingerprint density at radius 3 is 2.26 bits per heavy atom. The van der Waals surface area contributed by atoms with Gasteiger partial charge >= 0.3 is 11.9 Å². The van der Waals surface area contributed by atoms with Crippen molar-refractivity contribution in [1.82, 2.24) is 5.06 Å². The van der Waals surface area contributed by atoms with Crippen LogP contribution in [0.15, 0.2) is 0 Å². The lowest BCUT2D eigenvalue weighted by Gasteiger charge is -2.60. The minimum Gasteiger partial charge on any atom is -0.462 e. The Balaban J connectivity index is 1.17. The Labute approximate surface area is 206 Å². The second-order valence-electron chi connectivity index (χ2n) is 12.0. The zero-order chi connectivity index (χ0) is 25.0. The van der Waals surface area contributed by atoms with Crippen LogP contribution in [0.2, 0.25) is 0 Å². The molecule has 0 unspecified atom stereocenters. The Bertz CT molecular complexity index is 930. The second kappa shape index (κ2) is 9.00. The van der Waals surface area contributed by atoms with Gasteiger partial charge in [-0.1, -0.05) is 13.8 Å². The maximum atomic E-state index is 12.6. The first-order valence-electron chi connectivity index (χ1n) is 13.4. The van der Waals surface area contributed by atoms with E-state index in [0.29, 0.717) is 34.5 Å². The monoisotopic (exact) mass is 487 g/mol. The summed E-state index contributed by atoms with van der Waals surface area (Å²) < 4.78 is 5.93. The average Bonchev–Trinajstić information content (AvgIpc) is 3.31. The van der Waals surface area contributed by atoms with Crippen LogP contribution in [0.3, 0.4) is 0 Å². The normalized spacial score (nSPS) is 40.7. The number of fused-ring (bicyclic) bond motifs is 5. The lowest BCUT2D eigenvalue weighted by atomic mass is 9.45. The van der Waals surface area contributed by atoms with E-state index in [2.05, 4.69) is 13.8 Å². The van der Waals surface area contributed by atoms with Crippen LogP contribution < -0.4 is 0 Å². The van der Waals surface area contributed by atoms with Crippen molar-refractivity contribution in [3.05, 3.63) is 0 Å². The van der Waals surface area contributed by atoms with Crippen molar-refractivity contribution < 1.29 is 33.5 Å². The Morgan fingerprint density at radius 2 is 1.51 bits per heavy atom. The SMILES string of the molecule is C[C@]12CCC(=O)C[C@@H]1CC[C@H]1[C@H]2CC[C@]2(C)[C@H](OC(=O)CCC(=O)ON3C(=O)CCC3=O)CC[C@@H]12. The molecular formula is C27H37NO7. The van der Waals surface area contributed by atoms with Gasteiger partial charge in [0.1, 0.15) is 11.9 Å². The number of esters is 1. The van der Waals surface area contributed by atoms with E-state index in [4.69, 9.17) is 9.57 Å². The fraction of sp³-hybridized carbons (Fsp3) is 0.815. The lowest BCUT2D eigenvalue weighted by Crippen LogP contribution is -2.54. The van der Waals surface area contributed by atoms with E-state index in [-0.39, 0.29) is 42.6 Å². The average molecular weight is 488 g/mol. The molecule has 192 valence electrons. The van der Waals surface area contributed by atoms with Crippen molar-refractivity contribution in [2.24, 2.45) is 34.5 Å². The molecule has 1 heterocycles. The van der Waals surface area contributed by atoms with Gasteiger partial charge in [-0.15, -0.1) is 5.06 Å². The maximum Gasteiger partial charge on any atom is 0.333 e. The zero-order valence-electron chi connectivity index (χ0n) is 20.9. The van der Waals surface area contributed by atoms with Crippen molar-refractivity contribution in [1.29, 1.82) is 0 Å². The van der Waals surface area contributed by atoms with Gasteiger partial charge in [0.05, 0.1) is 12.8 Å². The molecule has 1 saturated heterocycles. The molecule has 0 spiro atoms. The third-order valence-electron chi connectivity index (χ3n) is 10.4. The van der Waals surface area contributed by atoms with E-state index in [1.54, 1.807) is 0 Å². The number of hydrogen-bond acceptors (Lipinski definition) is 7. The van der Waals surface area contributed by atoms with Crippen LogP contribution >= 0.6 is 0 Å². The van der Waals surface area contributed by atoms with Gasteiger partial charge in [-0.25, -0.2) is 4.79 Å². The smallest absolute Gasteiger partial charge is 0.333 e. The Morgan fingerprint density at radius 1 is 0.829 bits per heavy atom. The van der Waals surface area contributed by atoms with Crippen LogP contribution in [0.4, 0.5) is 0 Å². The van der Waals surface area contributed by atoms with Gasteiger partial charge in [0.15, 0.2) is 0 Å². The molecule has 5 rings (SSSR count). The summed E-state index contributed by atoms with van der Waals surface area (Å²) in [6, 6.07) is 0. The van der Waals surface area contributed by atoms with Gasteiger partial charge in [0, 0.05) is 31.1 Å². The molecule has 8 heteroatoms. The summed E-state index contributed by atoms with van der Waals surface area (Å²) in [5, 5.41) is 0.506. The number of ketones is 1. The number of imide groups is 1. The van der Waals surface area contributed by atoms with Crippen molar-refractivity contribution in [2.75, 3.05) is 0 Å². The molecule has 35 heavy (non-hydrogen) atoms. The molecule has 0 bridgehead atoms. The summed E-state index contributed by atoms with van der Waals surface area (Å²) in [6.45, 7) is 4.70. The minimum atomic E-state index is -0.780. The second-order valence-corrected chi connectivity index (χ2v) is 12.0. The van der Waals surface area contributed by atoms with Gasteiger partial charge in [-0.3, -0.25) is 19.2 Å². The van der Waals surface area contributed by atoms with Gasteiger partial charge in [-0.2, -0.15) is 0 Å². The number of nitrogens with zero attached hydrogens (tertiary/aromatic N) is 1. The largest absolute Gasteiger partial charge is 0.462 e. The third kappa shape index (κ3) is 4.20. The first-order valence-corrected chi connectivity index (χ1v) is 13.4. The fourth-order valence-electron chi connectivity index (χ4n) is 8.42. The molecule has 0 N–H and O–H groups in total.